The molecule has 3 heteroatoms. The van der Waals surface area contributed by atoms with E-state index in [0.717, 1.165) is 22.0 Å². The molecule has 0 saturated heterocycles. The Morgan fingerprint density at radius 3 is 2.29 bits per heavy atom. The van der Waals surface area contributed by atoms with Crippen molar-refractivity contribution in [3.63, 3.8) is 0 Å². The number of carbonyl (C=O) groups excluding carboxylic acids is 1. The van der Waals surface area contributed by atoms with Crippen LogP contribution in [0, 0.1) is 19.3 Å². The van der Waals surface area contributed by atoms with Crippen LogP contribution in [0.5, 0.6) is 0 Å². The maximum absolute atomic E-state index is 12.1. The molecule has 0 spiro atoms. The van der Waals surface area contributed by atoms with E-state index < -0.39 is 0 Å². The van der Waals surface area contributed by atoms with Crippen LogP contribution in [0.4, 0.5) is 0 Å². The molecule has 0 unspecified atom stereocenters. The first kappa shape index (κ1) is 14.2. The van der Waals surface area contributed by atoms with Gasteiger partial charge in [-0.3, -0.25) is 4.79 Å². The standard InChI is InChI=1S/C14H20BrNO/c1-10-6-5-7-11(2)12(10)13(17)16-9-14(3,4)8-15/h5-7H,8-9H2,1-4H3,(H,16,17). The maximum Gasteiger partial charge on any atom is 0.251 e. The van der Waals surface area contributed by atoms with Gasteiger partial charge in [0.25, 0.3) is 5.91 Å². The molecule has 0 fully saturated rings. The molecule has 17 heavy (non-hydrogen) atoms. The second kappa shape index (κ2) is 5.67. The van der Waals surface area contributed by atoms with Gasteiger partial charge >= 0.3 is 0 Å². The highest BCUT2D eigenvalue weighted by molar-refractivity contribution is 9.09. The predicted octanol–water partition coefficient (Wildman–Crippen LogP) is 3.45. The number of aryl methyl sites for hydroxylation is 2. The summed E-state index contributed by atoms with van der Waals surface area (Å²) >= 11 is 3.45. The molecule has 0 aliphatic heterocycles. The minimum atomic E-state index is 0.0228. The van der Waals surface area contributed by atoms with Gasteiger partial charge in [0.1, 0.15) is 0 Å². The van der Waals surface area contributed by atoms with Gasteiger partial charge in [-0.1, -0.05) is 48.0 Å². The lowest BCUT2D eigenvalue weighted by atomic mass is 9.96. The molecule has 0 saturated carbocycles. The molecule has 0 bridgehead atoms. The van der Waals surface area contributed by atoms with Gasteiger partial charge in [0.15, 0.2) is 0 Å². The summed E-state index contributed by atoms with van der Waals surface area (Å²) in [6, 6.07) is 5.92. The topological polar surface area (TPSA) is 29.1 Å². The third-order valence-corrected chi connectivity index (χ3v) is 4.32. The Kier molecular flexibility index (Phi) is 4.75. The van der Waals surface area contributed by atoms with Gasteiger partial charge in [-0.25, -0.2) is 0 Å². The van der Waals surface area contributed by atoms with Gasteiger partial charge in [0.2, 0.25) is 0 Å². The Morgan fingerprint density at radius 1 is 1.29 bits per heavy atom. The highest BCUT2D eigenvalue weighted by atomic mass is 79.9. The second-order valence-corrected chi connectivity index (χ2v) is 5.81. The summed E-state index contributed by atoms with van der Waals surface area (Å²) in [5.41, 5.74) is 2.93. The SMILES string of the molecule is Cc1cccc(C)c1C(=O)NCC(C)(C)CBr. The molecule has 0 aliphatic carbocycles. The Hall–Kier alpha value is -0.830. The van der Waals surface area contributed by atoms with Crippen LogP contribution in [0.3, 0.4) is 0 Å². The molecule has 0 atom stereocenters. The fourth-order valence-corrected chi connectivity index (χ4v) is 1.83. The molecule has 1 aromatic carbocycles. The van der Waals surface area contributed by atoms with Gasteiger partial charge < -0.3 is 5.32 Å². The number of carbonyl (C=O) groups is 1. The molecule has 1 rings (SSSR count). The normalized spacial score (nSPS) is 11.4. The van der Waals surface area contributed by atoms with Crippen LogP contribution in [-0.2, 0) is 0 Å². The van der Waals surface area contributed by atoms with Gasteiger partial charge in [-0.2, -0.15) is 0 Å². The van der Waals surface area contributed by atoms with Crippen LogP contribution in [0.1, 0.15) is 35.3 Å². The Labute approximate surface area is 112 Å². The van der Waals surface area contributed by atoms with E-state index in [-0.39, 0.29) is 11.3 Å². The minimum absolute atomic E-state index is 0.0228. The van der Waals surface area contributed by atoms with E-state index in [1.54, 1.807) is 0 Å². The van der Waals surface area contributed by atoms with Crippen LogP contribution >= 0.6 is 15.9 Å². The van der Waals surface area contributed by atoms with E-state index in [2.05, 4.69) is 35.1 Å². The predicted molar refractivity (Wildman–Crippen MR) is 75.8 cm³/mol. The molecular formula is C14H20BrNO. The number of hydrogen-bond donors (Lipinski definition) is 1. The number of rotatable bonds is 4. The first-order valence-electron chi connectivity index (χ1n) is 5.78. The molecule has 1 amide bonds. The number of benzene rings is 1. The van der Waals surface area contributed by atoms with E-state index >= 15 is 0 Å². The van der Waals surface area contributed by atoms with Crippen LogP contribution in [-0.4, -0.2) is 17.8 Å². The van der Waals surface area contributed by atoms with E-state index in [0.29, 0.717) is 6.54 Å². The van der Waals surface area contributed by atoms with Crippen molar-refractivity contribution in [1.29, 1.82) is 0 Å². The van der Waals surface area contributed by atoms with Crippen molar-refractivity contribution in [2.45, 2.75) is 27.7 Å². The summed E-state index contributed by atoms with van der Waals surface area (Å²) in [6.07, 6.45) is 0. The Morgan fingerprint density at radius 2 is 1.82 bits per heavy atom. The number of nitrogens with one attached hydrogen (secondary N) is 1. The molecule has 1 aromatic rings. The molecule has 0 aromatic heterocycles. The van der Waals surface area contributed by atoms with E-state index in [9.17, 15) is 4.79 Å². The highest BCUT2D eigenvalue weighted by Gasteiger charge is 2.19. The molecule has 0 aliphatic rings. The van der Waals surface area contributed by atoms with Crippen molar-refractivity contribution in [2.24, 2.45) is 5.41 Å². The van der Waals surface area contributed by atoms with E-state index in [1.165, 1.54) is 0 Å². The van der Waals surface area contributed by atoms with Gasteiger partial charge in [0.05, 0.1) is 0 Å². The number of amides is 1. The highest BCUT2D eigenvalue weighted by Crippen LogP contribution is 2.18. The van der Waals surface area contributed by atoms with Gasteiger partial charge in [-0.15, -0.1) is 0 Å². The summed E-state index contributed by atoms with van der Waals surface area (Å²) in [4.78, 5) is 12.1. The fraction of sp³-hybridized carbons (Fsp3) is 0.500. The lowest BCUT2D eigenvalue weighted by Gasteiger charge is -2.22. The molecule has 2 nitrogen and oxygen atoms in total. The zero-order valence-electron chi connectivity index (χ0n) is 10.9. The lowest BCUT2D eigenvalue weighted by Crippen LogP contribution is -2.35. The quantitative estimate of drug-likeness (QED) is 0.848. The molecule has 94 valence electrons. The Bertz CT molecular complexity index is 392. The minimum Gasteiger partial charge on any atom is -0.351 e. The number of alkyl halides is 1. The van der Waals surface area contributed by atoms with Crippen LogP contribution in [0.25, 0.3) is 0 Å². The van der Waals surface area contributed by atoms with Crippen molar-refractivity contribution < 1.29 is 4.79 Å². The molecule has 0 heterocycles. The summed E-state index contributed by atoms with van der Waals surface area (Å²) < 4.78 is 0. The monoisotopic (exact) mass is 297 g/mol. The summed E-state index contributed by atoms with van der Waals surface area (Å²) in [5.74, 6) is 0.0228. The summed E-state index contributed by atoms with van der Waals surface area (Å²) in [7, 11) is 0. The first-order valence-corrected chi connectivity index (χ1v) is 6.90. The van der Waals surface area contributed by atoms with Crippen molar-refractivity contribution >= 4 is 21.8 Å². The van der Waals surface area contributed by atoms with Crippen LogP contribution in [0.15, 0.2) is 18.2 Å². The second-order valence-electron chi connectivity index (χ2n) is 5.25. The zero-order valence-corrected chi connectivity index (χ0v) is 12.5. The third kappa shape index (κ3) is 3.84. The molecule has 0 radical (unpaired) electrons. The van der Waals surface area contributed by atoms with Gasteiger partial charge in [0, 0.05) is 17.4 Å². The average molecular weight is 298 g/mol. The van der Waals surface area contributed by atoms with E-state index in [1.807, 2.05) is 32.0 Å². The lowest BCUT2D eigenvalue weighted by molar-refractivity contribution is 0.0939. The largest absolute Gasteiger partial charge is 0.351 e. The summed E-state index contributed by atoms with van der Waals surface area (Å²) in [5, 5.41) is 3.87. The first-order chi connectivity index (χ1) is 7.87. The smallest absolute Gasteiger partial charge is 0.251 e. The number of halogens is 1. The van der Waals surface area contributed by atoms with Crippen molar-refractivity contribution in [3.8, 4) is 0 Å². The van der Waals surface area contributed by atoms with Gasteiger partial charge in [-0.05, 0) is 30.4 Å². The van der Waals surface area contributed by atoms with Crippen molar-refractivity contribution in [3.05, 3.63) is 34.9 Å². The zero-order chi connectivity index (χ0) is 13.1. The van der Waals surface area contributed by atoms with Crippen molar-refractivity contribution in [1.82, 2.24) is 5.32 Å². The van der Waals surface area contributed by atoms with Crippen LogP contribution < -0.4 is 5.32 Å². The average Bonchev–Trinajstić information content (AvgIpc) is 2.26. The molecular weight excluding hydrogens is 278 g/mol. The number of hydrogen-bond acceptors (Lipinski definition) is 1. The van der Waals surface area contributed by atoms with Crippen LogP contribution in [0.2, 0.25) is 0 Å². The molecule has 1 N–H and O–H groups in total. The van der Waals surface area contributed by atoms with E-state index in [4.69, 9.17) is 0 Å². The summed E-state index contributed by atoms with van der Waals surface area (Å²) in [6.45, 7) is 8.85. The Balaban J connectivity index is 2.78. The fourth-order valence-electron chi connectivity index (χ4n) is 1.63. The van der Waals surface area contributed by atoms with Crippen molar-refractivity contribution in [2.75, 3.05) is 11.9 Å². The maximum atomic E-state index is 12.1. The third-order valence-electron chi connectivity index (χ3n) is 2.80.